The highest BCUT2D eigenvalue weighted by molar-refractivity contribution is 5.42. The summed E-state index contributed by atoms with van der Waals surface area (Å²) in [6.45, 7) is 14.0. The van der Waals surface area contributed by atoms with Crippen LogP contribution in [-0.2, 0) is 6.42 Å². The van der Waals surface area contributed by atoms with Crippen LogP contribution in [0.15, 0.2) is 48.5 Å². The minimum absolute atomic E-state index is 0.233. The van der Waals surface area contributed by atoms with Crippen molar-refractivity contribution >= 4 is 11.4 Å². The van der Waals surface area contributed by atoms with Gasteiger partial charge in [-0.15, -0.1) is 0 Å². The highest BCUT2D eigenvalue weighted by Crippen LogP contribution is 2.27. The molecule has 0 heterocycles. The van der Waals surface area contributed by atoms with Crippen LogP contribution in [0.25, 0.3) is 0 Å². The molecule has 162 valence electrons. The molecule has 0 aliphatic heterocycles. The van der Waals surface area contributed by atoms with Gasteiger partial charge in [0, 0.05) is 23.3 Å². The van der Waals surface area contributed by atoms with Crippen LogP contribution in [0.1, 0.15) is 78.4 Å². The summed E-state index contributed by atoms with van der Waals surface area (Å²) in [5, 5.41) is 21.1. The zero-order valence-electron chi connectivity index (χ0n) is 18.8. The Labute approximate surface area is 175 Å². The molecule has 0 aliphatic rings. The first kappa shape index (κ1) is 28.4. The van der Waals surface area contributed by atoms with E-state index in [-0.39, 0.29) is 27.1 Å². The van der Waals surface area contributed by atoms with E-state index in [4.69, 9.17) is 0 Å². The van der Waals surface area contributed by atoms with Crippen molar-refractivity contribution in [3.05, 3.63) is 79.9 Å². The van der Waals surface area contributed by atoms with Crippen LogP contribution in [0, 0.1) is 20.2 Å². The summed E-state index contributed by atoms with van der Waals surface area (Å²) >= 11 is 0. The Morgan fingerprint density at radius 2 is 1.24 bits per heavy atom. The van der Waals surface area contributed by atoms with Crippen molar-refractivity contribution in [1.82, 2.24) is 0 Å². The lowest BCUT2D eigenvalue weighted by atomic mass is 9.97. The second-order valence-electron chi connectivity index (χ2n) is 5.76. The fourth-order valence-corrected chi connectivity index (χ4v) is 2.46. The number of nitro groups is 2. The largest absolute Gasteiger partial charge is 0.272 e. The second-order valence-corrected chi connectivity index (χ2v) is 5.76. The van der Waals surface area contributed by atoms with E-state index in [1.807, 2.05) is 72.7 Å². The Bertz CT molecular complexity index is 718. The molecule has 1 unspecified atom stereocenters. The van der Waals surface area contributed by atoms with Gasteiger partial charge in [-0.2, -0.15) is 0 Å². The number of benzene rings is 2. The highest BCUT2D eigenvalue weighted by atomic mass is 16.6. The standard InChI is InChI=1S/C10H13NO2.C9H11NO2.2C2H6/c1-3-8(2)9-6-4-5-7-10(9)11(12)13;1-2-5-8-6-3-4-7-9(8)10(11)12;2*1-2/h4-8H,3H2,1-2H3;3-4,6-7H,2,5H2,1H3;2*1-2H3. The maximum Gasteiger partial charge on any atom is 0.272 e. The number of hydrogen-bond acceptors (Lipinski definition) is 4. The van der Waals surface area contributed by atoms with E-state index >= 15 is 0 Å². The molecular formula is C23H36N2O4. The molecule has 29 heavy (non-hydrogen) atoms. The molecule has 2 rings (SSSR count). The molecule has 6 heteroatoms. The maximum absolute atomic E-state index is 10.6. The minimum Gasteiger partial charge on any atom is -0.258 e. The van der Waals surface area contributed by atoms with Gasteiger partial charge in [-0.1, -0.05) is 91.3 Å². The molecule has 0 saturated carbocycles. The molecule has 0 radical (unpaired) electrons. The Morgan fingerprint density at radius 3 is 1.69 bits per heavy atom. The molecule has 0 bridgehead atoms. The summed E-state index contributed by atoms with van der Waals surface area (Å²) in [6, 6.07) is 13.8. The Kier molecular flexibility index (Phi) is 17.0. The first-order valence-corrected chi connectivity index (χ1v) is 10.4. The molecule has 2 aromatic rings. The van der Waals surface area contributed by atoms with Crippen LogP contribution in [0.3, 0.4) is 0 Å². The van der Waals surface area contributed by atoms with Gasteiger partial charge in [0.1, 0.15) is 0 Å². The van der Waals surface area contributed by atoms with Crippen LogP contribution in [0.4, 0.5) is 11.4 Å². The van der Waals surface area contributed by atoms with E-state index < -0.39 is 0 Å². The molecular weight excluding hydrogens is 368 g/mol. The monoisotopic (exact) mass is 404 g/mol. The van der Waals surface area contributed by atoms with Crippen molar-refractivity contribution in [3.63, 3.8) is 0 Å². The number of para-hydroxylation sites is 2. The van der Waals surface area contributed by atoms with Crippen molar-refractivity contribution in [2.45, 2.75) is 73.6 Å². The highest BCUT2D eigenvalue weighted by Gasteiger charge is 2.16. The third kappa shape index (κ3) is 10.4. The fraction of sp³-hybridized carbons (Fsp3) is 0.478. The maximum atomic E-state index is 10.6. The number of aryl methyl sites for hydroxylation is 1. The van der Waals surface area contributed by atoms with E-state index in [1.165, 1.54) is 0 Å². The average molecular weight is 405 g/mol. The summed E-state index contributed by atoms with van der Waals surface area (Å²) in [6.07, 6.45) is 2.63. The van der Waals surface area contributed by atoms with Gasteiger partial charge in [0.25, 0.3) is 11.4 Å². The minimum atomic E-state index is -0.328. The molecule has 0 aliphatic carbocycles. The lowest BCUT2D eigenvalue weighted by Gasteiger charge is -2.08. The van der Waals surface area contributed by atoms with E-state index in [0.29, 0.717) is 0 Å². The molecule has 2 aromatic carbocycles. The number of hydrogen-bond donors (Lipinski definition) is 0. The van der Waals surface area contributed by atoms with Gasteiger partial charge in [-0.05, 0) is 18.8 Å². The van der Waals surface area contributed by atoms with Crippen LogP contribution in [0.2, 0.25) is 0 Å². The zero-order valence-corrected chi connectivity index (χ0v) is 18.8. The fourth-order valence-electron chi connectivity index (χ4n) is 2.46. The normalized spacial score (nSPS) is 10.0. The van der Waals surface area contributed by atoms with Gasteiger partial charge in [0.2, 0.25) is 0 Å². The van der Waals surface area contributed by atoms with Gasteiger partial charge in [0.05, 0.1) is 9.85 Å². The van der Waals surface area contributed by atoms with Gasteiger partial charge in [0.15, 0.2) is 0 Å². The van der Waals surface area contributed by atoms with Crippen LogP contribution >= 0.6 is 0 Å². The second kappa shape index (κ2) is 17.3. The summed E-state index contributed by atoms with van der Waals surface area (Å²) in [4.78, 5) is 20.5. The van der Waals surface area contributed by atoms with Gasteiger partial charge < -0.3 is 0 Å². The van der Waals surface area contributed by atoms with Gasteiger partial charge in [-0.25, -0.2) is 0 Å². The van der Waals surface area contributed by atoms with Gasteiger partial charge >= 0.3 is 0 Å². The van der Waals surface area contributed by atoms with Crippen molar-refractivity contribution < 1.29 is 9.85 Å². The quantitative estimate of drug-likeness (QED) is 0.364. The van der Waals surface area contributed by atoms with E-state index in [1.54, 1.807) is 24.3 Å². The van der Waals surface area contributed by atoms with Gasteiger partial charge in [-0.3, -0.25) is 20.2 Å². The van der Waals surface area contributed by atoms with E-state index in [2.05, 4.69) is 0 Å². The van der Waals surface area contributed by atoms with Crippen LogP contribution in [0.5, 0.6) is 0 Å². The number of nitrogens with zero attached hydrogens (tertiary/aromatic N) is 2. The van der Waals surface area contributed by atoms with E-state index in [0.717, 1.165) is 30.4 Å². The molecule has 6 nitrogen and oxygen atoms in total. The first-order valence-electron chi connectivity index (χ1n) is 10.4. The summed E-state index contributed by atoms with van der Waals surface area (Å²) < 4.78 is 0. The predicted molar refractivity (Wildman–Crippen MR) is 122 cm³/mol. The summed E-state index contributed by atoms with van der Waals surface area (Å²) in [7, 11) is 0. The molecule has 0 spiro atoms. The third-order valence-corrected chi connectivity index (χ3v) is 3.98. The average Bonchev–Trinajstić information content (AvgIpc) is 2.77. The molecule has 0 saturated heterocycles. The Balaban J connectivity index is 0. The molecule has 0 N–H and O–H groups in total. The summed E-state index contributed by atoms with van der Waals surface area (Å²) in [5.74, 6) is 0.251. The van der Waals surface area contributed by atoms with Crippen molar-refractivity contribution in [1.29, 1.82) is 0 Å². The number of rotatable bonds is 6. The molecule has 0 aromatic heterocycles. The first-order chi connectivity index (χ1) is 13.9. The molecule has 0 amide bonds. The topological polar surface area (TPSA) is 86.3 Å². The Morgan fingerprint density at radius 1 is 0.793 bits per heavy atom. The predicted octanol–water partition coefficient (Wildman–Crippen LogP) is 7.71. The van der Waals surface area contributed by atoms with Crippen molar-refractivity contribution in [3.8, 4) is 0 Å². The zero-order chi connectivity index (χ0) is 22.8. The van der Waals surface area contributed by atoms with Crippen LogP contribution < -0.4 is 0 Å². The van der Waals surface area contributed by atoms with Crippen LogP contribution in [-0.4, -0.2) is 9.85 Å². The Hall–Kier alpha value is -2.76. The van der Waals surface area contributed by atoms with E-state index in [9.17, 15) is 20.2 Å². The molecule has 0 fully saturated rings. The lowest BCUT2D eigenvalue weighted by Crippen LogP contribution is -1.98. The SMILES string of the molecule is CC.CC.CCC(C)c1ccccc1[N+](=O)[O-].CCCc1ccccc1[N+](=O)[O-]. The summed E-state index contributed by atoms with van der Waals surface area (Å²) in [5.41, 5.74) is 2.12. The van der Waals surface area contributed by atoms with Crippen molar-refractivity contribution in [2.24, 2.45) is 0 Å². The third-order valence-electron chi connectivity index (χ3n) is 3.98. The van der Waals surface area contributed by atoms with Crippen molar-refractivity contribution in [2.75, 3.05) is 0 Å². The number of nitro benzene ring substituents is 2. The smallest absolute Gasteiger partial charge is 0.258 e. The lowest BCUT2D eigenvalue weighted by molar-refractivity contribution is -0.385. The molecule has 1 atom stereocenters.